The molecule has 0 radical (unpaired) electrons. The van der Waals surface area contributed by atoms with Crippen molar-refractivity contribution in [3.8, 4) is 0 Å². The van der Waals surface area contributed by atoms with E-state index in [4.69, 9.17) is 5.11 Å². The molecule has 7 heteroatoms. The van der Waals surface area contributed by atoms with E-state index in [-0.39, 0.29) is 17.8 Å². The van der Waals surface area contributed by atoms with Crippen LogP contribution in [0, 0.1) is 22.9 Å². The van der Waals surface area contributed by atoms with Gasteiger partial charge in [0, 0.05) is 17.8 Å². The molecular formula is C13H11FN2O4. The molecule has 0 spiro atoms. The lowest BCUT2D eigenvalue weighted by molar-refractivity contribution is -0.387. The normalized spacial score (nSPS) is 10.5. The summed E-state index contributed by atoms with van der Waals surface area (Å²) in [6.45, 7) is 1.55. The highest BCUT2D eigenvalue weighted by atomic mass is 19.1. The summed E-state index contributed by atoms with van der Waals surface area (Å²) in [5, 5.41) is 19.8. The third-order valence-corrected chi connectivity index (χ3v) is 2.96. The Labute approximate surface area is 113 Å². The van der Waals surface area contributed by atoms with E-state index in [0.717, 1.165) is 6.07 Å². The van der Waals surface area contributed by atoms with E-state index in [2.05, 4.69) is 0 Å². The second-order valence-corrected chi connectivity index (χ2v) is 4.29. The van der Waals surface area contributed by atoms with Gasteiger partial charge in [-0.05, 0) is 18.6 Å². The van der Waals surface area contributed by atoms with Crippen molar-refractivity contribution in [1.82, 2.24) is 4.57 Å². The highest BCUT2D eigenvalue weighted by Crippen LogP contribution is 2.22. The molecule has 1 N–H and O–H groups in total. The van der Waals surface area contributed by atoms with Crippen molar-refractivity contribution in [2.45, 2.75) is 13.5 Å². The first-order chi connectivity index (χ1) is 9.41. The van der Waals surface area contributed by atoms with Crippen molar-refractivity contribution in [3.05, 3.63) is 63.2 Å². The number of hydrogen-bond donors (Lipinski definition) is 1. The van der Waals surface area contributed by atoms with E-state index < -0.39 is 22.4 Å². The highest BCUT2D eigenvalue weighted by Gasteiger charge is 2.19. The number of nitro groups is 1. The number of hydrogen-bond acceptors (Lipinski definition) is 3. The van der Waals surface area contributed by atoms with Gasteiger partial charge < -0.3 is 9.67 Å². The second-order valence-electron chi connectivity index (χ2n) is 4.29. The van der Waals surface area contributed by atoms with Gasteiger partial charge in [0.2, 0.25) is 5.82 Å². The summed E-state index contributed by atoms with van der Waals surface area (Å²) in [6, 6.07) is 5.42. The predicted octanol–water partition coefficient (Wildman–Crippen LogP) is 2.59. The average Bonchev–Trinajstić information content (AvgIpc) is 2.72. The molecule has 0 unspecified atom stereocenters. The summed E-state index contributed by atoms with van der Waals surface area (Å²) in [5.74, 6) is -2.07. The van der Waals surface area contributed by atoms with Gasteiger partial charge in [-0.15, -0.1) is 0 Å². The zero-order chi connectivity index (χ0) is 14.9. The topological polar surface area (TPSA) is 85.4 Å². The van der Waals surface area contributed by atoms with E-state index in [0.29, 0.717) is 5.56 Å². The van der Waals surface area contributed by atoms with Gasteiger partial charge in [-0.2, -0.15) is 4.39 Å². The summed E-state index contributed by atoms with van der Waals surface area (Å²) in [4.78, 5) is 21.0. The summed E-state index contributed by atoms with van der Waals surface area (Å²) >= 11 is 0. The average molecular weight is 278 g/mol. The standard InChI is InChI=1S/C13H11FN2O4/c1-8-5-6-15(12(8)13(17)18)7-9-3-2-4-10(11(9)14)16(19)20/h2-6H,7H2,1H3,(H,17,18). The molecule has 1 aromatic heterocycles. The summed E-state index contributed by atoms with van der Waals surface area (Å²) in [6.07, 6.45) is 1.51. The molecule has 0 bridgehead atoms. The fourth-order valence-corrected chi connectivity index (χ4v) is 2.02. The fourth-order valence-electron chi connectivity index (χ4n) is 2.02. The fraction of sp³-hybridized carbons (Fsp3) is 0.154. The van der Waals surface area contributed by atoms with Gasteiger partial charge in [-0.25, -0.2) is 4.79 Å². The Hall–Kier alpha value is -2.70. The molecule has 1 aromatic carbocycles. The van der Waals surface area contributed by atoms with Crippen LogP contribution in [0.5, 0.6) is 0 Å². The monoisotopic (exact) mass is 278 g/mol. The third kappa shape index (κ3) is 2.37. The molecule has 20 heavy (non-hydrogen) atoms. The maximum absolute atomic E-state index is 13.9. The first kappa shape index (κ1) is 13.7. The SMILES string of the molecule is Cc1ccn(Cc2cccc([N+](=O)[O-])c2F)c1C(=O)O. The van der Waals surface area contributed by atoms with Crippen LogP contribution < -0.4 is 0 Å². The van der Waals surface area contributed by atoms with Gasteiger partial charge in [-0.3, -0.25) is 10.1 Å². The third-order valence-electron chi connectivity index (χ3n) is 2.96. The number of nitro benzene ring substituents is 1. The number of nitrogens with zero attached hydrogens (tertiary/aromatic N) is 2. The number of aromatic nitrogens is 1. The highest BCUT2D eigenvalue weighted by molar-refractivity contribution is 5.87. The Balaban J connectivity index is 2.43. The minimum Gasteiger partial charge on any atom is -0.477 e. The Bertz CT molecular complexity index is 694. The largest absolute Gasteiger partial charge is 0.477 e. The van der Waals surface area contributed by atoms with Gasteiger partial charge in [0.05, 0.1) is 11.5 Å². The maximum Gasteiger partial charge on any atom is 0.352 e. The molecule has 0 aliphatic carbocycles. The first-order valence-corrected chi connectivity index (χ1v) is 5.72. The molecule has 0 amide bonds. The van der Waals surface area contributed by atoms with Crippen molar-refractivity contribution in [3.63, 3.8) is 0 Å². The van der Waals surface area contributed by atoms with Crippen LogP contribution in [-0.2, 0) is 6.54 Å². The zero-order valence-electron chi connectivity index (χ0n) is 10.5. The lowest BCUT2D eigenvalue weighted by Gasteiger charge is -2.08. The molecule has 0 aliphatic rings. The predicted molar refractivity (Wildman–Crippen MR) is 68.3 cm³/mol. The number of halogens is 1. The van der Waals surface area contributed by atoms with Crippen molar-refractivity contribution >= 4 is 11.7 Å². The van der Waals surface area contributed by atoms with E-state index >= 15 is 0 Å². The molecule has 0 fully saturated rings. The van der Waals surface area contributed by atoms with Crippen LogP contribution in [0.1, 0.15) is 21.6 Å². The molecule has 6 nitrogen and oxygen atoms in total. The van der Waals surface area contributed by atoms with Gasteiger partial charge in [0.1, 0.15) is 5.69 Å². The van der Waals surface area contributed by atoms with Crippen molar-refractivity contribution in [2.24, 2.45) is 0 Å². The molecule has 0 saturated carbocycles. The van der Waals surface area contributed by atoms with E-state index in [9.17, 15) is 19.3 Å². The summed E-state index contributed by atoms with van der Waals surface area (Å²) in [5.41, 5.74) is 0.0276. The van der Waals surface area contributed by atoms with Crippen LogP contribution in [-0.4, -0.2) is 20.6 Å². The van der Waals surface area contributed by atoms with Crippen LogP contribution in [0.25, 0.3) is 0 Å². The first-order valence-electron chi connectivity index (χ1n) is 5.72. The van der Waals surface area contributed by atoms with Gasteiger partial charge >= 0.3 is 11.7 Å². The number of carbonyl (C=O) groups is 1. The minimum atomic E-state index is -1.13. The molecule has 1 heterocycles. The lowest BCUT2D eigenvalue weighted by atomic mass is 10.1. The Morgan fingerprint density at radius 1 is 1.45 bits per heavy atom. The molecule has 0 saturated heterocycles. The molecule has 2 aromatic rings. The summed E-state index contributed by atoms with van der Waals surface area (Å²) < 4.78 is 15.3. The number of rotatable bonds is 4. The number of aryl methyl sites for hydroxylation is 1. The molecule has 0 atom stereocenters. The van der Waals surface area contributed by atoms with Crippen LogP contribution >= 0.6 is 0 Å². The van der Waals surface area contributed by atoms with Gasteiger partial charge in [0.15, 0.2) is 0 Å². The van der Waals surface area contributed by atoms with Gasteiger partial charge in [-0.1, -0.05) is 12.1 Å². The molecule has 0 aliphatic heterocycles. The van der Waals surface area contributed by atoms with E-state index in [1.807, 2.05) is 0 Å². The van der Waals surface area contributed by atoms with Crippen molar-refractivity contribution in [1.29, 1.82) is 0 Å². The summed E-state index contributed by atoms with van der Waals surface area (Å²) in [7, 11) is 0. The lowest BCUT2D eigenvalue weighted by Crippen LogP contribution is -2.11. The molecular weight excluding hydrogens is 267 g/mol. The Morgan fingerprint density at radius 3 is 2.75 bits per heavy atom. The quantitative estimate of drug-likeness (QED) is 0.688. The van der Waals surface area contributed by atoms with E-state index in [1.54, 1.807) is 13.0 Å². The second kappa shape index (κ2) is 5.12. The van der Waals surface area contributed by atoms with Crippen LogP contribution in [0.3, 0.4) is 0 Å². The Kier molecular flexibility index (Phi) is 3.51. The van der Waals surface area contributed by atoms with Crippen LogP contribution in [0.4, 0.5) is 10.1 Å². The van der Waals surface area contributed by atoms with Crippen molar-refractivity contribution in [2.75, 3.05) is 0 Å². The number of carboxylic acid groups (broad SMARTS) is 1. The number of carboxylic acids is 1. The van der Waals surface area contributed by atoms with E-state index in [1.165, 1.54) is 22.9 Å². The number of benzene rings is 1. The van der Waals surface area contributed by atoms with Gasteiger partial charge in [0.25, 0.3) is 0 Å². The number of aromatic carboxylic acids is 1. The Morgan fingerprint density at radius 2 is 2.15 bits per heavy atom. The molecule has 104 valence electrons. The van der Waals surface area contributed by atoms with Crippen LogP contribution in [0.15, 0.2) is 30.5 Å². The smallest absolute Gasteiger partial charge is 0.352 e. The van der Waals surface area contributed by atoms with Crippen molar-refractivity contribution < 1.29 is 19.2 Å². The molecule has 2 rings (SSSR count). The van der Waals surface area contributed by atoms with Crippen LogP contribution in [0.2, 0.25) is 0 Å². The minimum absolute atomic E-state index is 0.0379. The maximum atomic E-state index is 13.9. The zero-order valence-corrected chi connectivity index (χ0v) is 10.5.